The van der Waals surface area contributed by atoms with Gasteiger partial charge in [0, 0.05) is 18.8 Å². The Bertz CT molecular complexity index is 581. The van der Waals surface area contributed by atoms with E-state index in [9.17, 15) is 17.2 Å². The minimum Gasteiger partial charge on any atom is -0.399 e. The van der Waals surface area contributed by atoms with E-state index in [1.807, 2.05) is 6.92 Å². The summed E-state index contributed by atoms with van der Waals surface area (Å²) in [5, 5.41) is 0. The van der Waals surface area contributed by atoms with Gasteiger partial charge in [0.2, 0.25) is 10.0 Å². The Hall–Kier alpha value is -1.21. The second kappa shape index (κ2) is 5.65. The molecule has 0 radical (unpaired) electrons. The quantitative estimate of drug-likeness (QED) is 0.853. The Balaban J connectivity index is 2.40. The van der Waals surface area contributed by atoms with Crippen LogP contribution in [-0.2, 0) is 10.0 Å². The van der Waals surface area contributed by atoms with E-state index in [0.29, 0.717) is 18.8 Å². The van der Waals surface area contributed by atoms with Gasteiger partial charge in [-0.05, 0) is 37.3 Å². The largest absolute Gasteiger partial charge is 0.399 e. The Kier molecular flexibility index (Phi) is 4.29. The van der Waals surface area contributed by atoms with Gasteiger partial charge >= 0.3 is 0 Å². The third kappa shape index (κ3) is 2.93. The molecule has 1 unspecified atom stereocenters. The zero-order valence-electron chi connectivity index (χ0n) is 11.3. The summed E-state index contributed by atoms with van der Waals surface area (Å²) in [6.45, 7) is 2.61. The number of nitrogens with two attached hydrogens (primary N) is 1. The van der Waals surface area contributed by atoms with E-state index < -0.39 is 26.6 Å². The lowest BCUT2D eigenvalue weighted by Crippen LogP contribution is -2.33. The fourth-order valence-corrected chi connectivity index (χ4v) is 4.02. The zero-order chi connectivity index (χ0) is 14.9. The number of halogens is 2. The maximum Gasteiger partial charge on any atom is 0.248 e. The third-order valence-electron chi connectivity index (χ3n) is 3.59. The average molecular weight is 304 g/mol. The molecule has 4 nitrogen and oxygen atoms in total. The Morgan fingerprint density at radius 2 is 1.80 bits per heavy atom. The molecule has 1 saturated heterocycles. The van der Waals surface area contributed by atoms with Crippen LogP contribution in [0.15, 0.2) is 17.0 Å². The van der Waals surface area contributed by atoms with E-state index in [-0.39, 0.29) is 18.8 Å². The molecule has 1 fully saturated rings. The number of hydrogen-bond donors (Lipinski definition) is 1. The molecule has 2 N–H and O–H groups in total. The van der Waals surface area contributed by atoms with Crippen LogP contribution in [0.3, 0.4) is 0 Å². The van der Waals surface area contributed by atoms with Gasteiger partial charge in [0.15, 0.2) is 4.90 Å². The molecule has 7 heteroatoms. The summed E-state index contributed by atoms with van der Waals surface area (Å²) in [4.78, 5) is -0.902. The molecule has 0 saturated carbocycles. The molecule has 0 aliphatic carbocycles. The van der Waals surface area contributed by atoms with Crippen LogP contribution in [0.25, 0.3) is 0 Å². The van der Waals surface area contributed by atoms with Crippen molar-refractivity contribution in [1.82, 2.24) is 4.31 Å². The van der Waals surface area contributed by atoms with Crippen molar-refractivity contribution in [2.45, 2.75) is 31.1 Å². The van der Waals surface area contributed by atoms with Crippen molar-refractivity contribution >= 4 is 15.7 Å². The lowest BCUT2D eigenvalue weighted by atomic mass is 10.0. The second-order valence-corrected chi connectivity index (χ2v) is 7.13. The van der Waals surface area contributed by atoms with E-state index in [1.165, 1.54) is 0 Å². The van der Waals surface area contributed by atoms with Crippen LogP contribution in [0.5, 0.6) is 0 Å². The molecule has 1 aromatic rings. The fraction of sp³-hybridized carbons (Fsp3) is 0.538. The molecule has 2 rings (SSSR count). The van der Waals surface area contributed by atoms with Crippen molar-refractivity contribution in [3.05, 3.63) is 23.8 Å². The van der Waals surface area contributed by atoms with Crippen molar-refractivity contribution in [2.24, 2.45) is 5.92 Å². The molecule has 1 heterocycles. The first kappa shape index (κ1) is 15.2. The molecule has 0 aromatic heterocycles. The number of rotatable bonds is 2. The predicted octanol–water partition coefficient (Wildman–Crippen LogP) is 2.36. The topological polar surface area (TPSA) is 63.4 Å². The fourth-order valence-electron chi connectivity index (χ4n) is 2.43. The smallest absolute Gasteiger partial charge is 0.248 e. The van der Waals surface area contributed by atoms with Gasteiger partial charge in [-0.15, -0.1) is 0 Å². The van der Waals surface area contributed by atoms with Crippen LogP contribution in [-0.4, -0.2) is 25.8 Å². The van der Waals surface area contributed by atoms with Crippen molar-refractivity contribution in [3.8, 4) is 0 Å². The highest BCUT2D eigenvalue weighted by molar-refractivity contribution is 7.89. The normalized spacial score (nSPS) is 21.6. The monoisotopic (exact) mass is 304 g/mol. The van der Waals surface area contributed by atoms with Crippen LogP contribution in [0.4, 0.5) is 14.5 Å². The molecule has 1 aromatic carbocycles. The summed E-state index contributed by atoms with van der Waals surface area (Å²) in [7, 11) is -4.16. The molecule has 0 bridgehead atoms. The molecule has 0 spiro atoms. The van der Waals surface area contributed by atoms with Crippen molar-refractivity contribution in [3.63, 3.8) is 0 Å². The van der Waals surface area contributed by atoms with Gasteiger partial charge in [-0.1, -0.05) is 6.92 Å². The third-order valence-corrected chi connectivity index (χ3v) is 5.55. The summed E-state index contributed by atoms with van der Waals surface area (Å²) in [6.07, 6.45) is 2.30. The van der Waals surface area contributed by atoms with Crippen molar-refractivity contribution < 1.29 is 17.2 Å². The van der Waals surface area contributed by atoms with Crippen molar-refractivity contribution in [1.29, 1.82) is 0 Å². The number of anilines is 1. The molecule has 1 atom stereocenters. The Labute approximate surface area is 117 Å². The molecule has 20 heavy (non-hydrogen) atoms. The highest BCUT2D eigenvalue weighted by Gasteiger charge is 2.32. The summed E-state index contributed by atoms with van der Waals surface area (Å²) >= 11 is 0. The van der Waals surface area contributed by atoms with Crippen LogP contribution in [0.2, 0.25) is 0 Å². The second-order valence-electron chi connectivity index (χ2n) is 5.25. The van der Waals surface area contributed by atoms with Crippen molar-refractivity contribution in [2.75, 3.05) is 18.8 Å². The first-order chi connectivity index (χ1) is 9.32. The number of benzene rings is 1. The van der Waals surface area contributed by atoms with Crippen LogP contribution >= 0.6 is 0 Å². The zero-order valence-corrected chi connectivity index (χ0v) is 12.1. The molecule has 1 aliphatic rings. The van der Waals surface area contributed by atoms with Gasteiger partial charge in [0.1, 0.15) is 11.6 Å². The van der Waals surface area contributed by atoms with E-state index in [2.05, 4.69) is 0 Å². The first-order valence-electron chi connectivity index (χ1n) is 6.57. The summed E-state index contributed by atoms with van der Waals surface area (Å²) < 4.78 is 53.6. The van der Waals surface area contributed by atoms with E-state index >= 15 is 0 Å². The molecule has 1 aliphatic heterocycles. The van der Waals surface area contributed by atoms with Gasteiger partial charge in [-0.25, -0.2) is 17.2 Å². The SMILES string of the molecule is CC1CCCN(S(=O)(=O)c2c(F)cc(N)cc2F)CC1. The molecular weight excluding hydrogens is 286 g/mol. The minimum atomic E-state index is -4.16. The standard InChI is InChI=1S/C13H18F2N2O2S/c1-9-3-2-5-17(6-4-9)20(18,19)13-11(14)7-10(16)8-12(13)15/h7-9H,2-6,16H2,1H3. The predicted molar refractivity (Wildman–Crippen MR) is 72.5 cm³/mol. The summed E-state index contributed by atoms with van der Waals surface area (Å²) in [6, 6.07) is 1.66. The van der Waals surface area contributed by atoms with Crippen LogP contribution in [0.1, 0.15) is 26.2 Å². The number of nitrogen functional groups attached to an aromatic ring is 1. The number of hydrogen-bond acceptors (Lipinski definition) is 3. The molecular formula is C13H18F2N2O2S. The maximum atomic E-state index is 13.8. The highest BCUT2D eigenvalue weighted by atomic mass is 32.2. The Morgan fingerprint density at radius 3 is 2.40 bits per heavy atom. The van der Waals surface area contributed by atoms with Crippen LogP contribution in [0, 0.1) is 17.6 Å². The van der Waals surface area contributed by atoms with Gasteiger partial charge in [0.05, 0.1) is 0 Å². The highest BCUT2D eigenvalue weighted by Crippen LogP contribution is 2.27. The maximum absolute atomic E-state index is 13.8. The number of sulfonamides is 1. The molecule has 0 amide bonds. The minimum absolute atomic E-state index is 0.136. The van der Waals surface area contributed by atoms with Crippen LogP contribution < -0.4 is 5.73 Å². The average Bonchev–Trinajstić information content (AvgIpc) is 2.52. The Morgan fingerprint density at radius 1 is 1.20 bits per heavy atom. The van der Waals surface area contributed by atoms with Gasteiger partial charge in [-0.3, -0.25) is 0 Å². The summed E-state index contributed by atoms with van der Waals surface area (Å²) in [5.74, 6) is -1.86. The lowest BCUT2D eigenvalue weighted by molar-refractivity contribution is 0.407. The lowest BCUT2D eigenvalue weighted by Gasteiger charge is -2.20. The summed E-state index contributed by atoms with van der Waals surface area (Å²) in [5.41, 5.74) is 5.17. The first-order valence-corrected chi connectivity index (χ1v) is 8.01. The number of nitrogens with zero attached hydrogens (tertiary/aromatic N) is 1. The van der Waals surface area contributed by atoms with E-state index in [0.717, 1.165) is 22.9 Å². The molecule has 112 valence electrons. The van der Waals surface area contributed by atoms with E-state index in [1.54, 1.807) is 0 Å². The van der Waals surface area contributed by atoms with E-state index in [4.69, 9.17) is 5.73 Å². The van der Waals surface area contributed by atoms with Gasteiger partial charge in [0.25, 0.3) is 0 Å². The van der Waals surface area contributed by atoms with Gasteiger partial charge in [-0.2, -0.15) is 4.31 Å². The van der Waals surface area contributed by atoms with Gasteiger partial charge < -0.3 is 5.73 Å².